The number of nitriles is 1. The summed E-state index contributed by atoms with van der Waals surface area (Å²) in [7, 11) is -1.75. The van der Waals surface area contributed by atoms with Crippen molar-refractivity contribution in [2.45, 2.75) is 45.1 Å². The number of nitrogens with one attached hydrogen (secondary N) is 1. The van der Waals surface area contributed by atoms with Gasteiger partial charge in [0.25, 0.3) is 5.91 Å². The van der Waals surface area contributed by atoms with Crippen LogP contribution in [0.25, 0.3) is 0 Å². The van der Waals surface area contributed by atoms with Crippen LogP contribution in [0.3, 0.4) is 0 Å². The molecule has 0 spiro atoms. The summed E-state index contributed by atoms with van der Waals surface area (Å²) in [5.41, 5.74) is 0.928. The maximum absolute atomic E-state index is 12.7. The third kappa shape index (κ3) is 6.90. The molecule has 2 atom stereocenters. The second-order valence-corrected chi connectivity index (χ2v) is 7.68. The molecular weight excluding hydrogens is 385 g/mol. The van der Waals surface area contributed by atoms with Gasteiger partial charge in [-0.1, -0.05) is 50.3 Å². The fourth-order valence-corrected chi connectivity index (χ4v) is 3.38. The van der Waals surface area contributed by atoms with E-state index in [0.717, 1.165) is 12.0 Å². The Morgan fingerprint density at radius 1 is 1.37 bits per heavy atom. The van der Waals surface area contributed by atoms with Gasteiger partial charge in [-0.3, -0.25) is 4.79 Å². The first kappa shape index (κ1) is 23.5. The fourth-order valence-electron chi connectivity index (χ4n) is 3.38. The summed E-state index contributed by atoms with van der Waals surface area (Å²) in [5, 5.41) is 30.9. The van der Waals surface area contributed by atoms with E-state index in [1.807, 2.05) is 50.2 Å². The number of nitrogens with zero attached hydrogens (tertiary/aromatic N) is 2. The van der Waals surface area contributed by atoms with Crippen LogP contribution in [0.2, 0.25) is 0 Å². The quantitative estimate of drug-likeness (QED) is 0.337. The molecule has 1 aliphatic heterocycles. The molecule has 1 unspecified atom stereocenters. The molecule has 0 aromatic heterocycles. The van der Waals surface area contributed by atoms with E-state index in [4.69, 9.17) is 4.74 Å². The molecule has 1 aromatic rings. The number of allylic oxidation sites excluding steroid dienone is 1. The Balaban J connectivity index is 1.92. The number of likely N-dealkylation sites (tertiary alicyclic amines) is 1. The highest BCUT2D eigenvalue weighted by Gasteiger charge is 2.32. The minimum Gasteiger partial charge on any atom is -0.447 e. The number of carbonyl (C=O) groups is 2. The van der Waals surface area contributed by atoms with Gasteiger partial charge in [0.1, 0.15) is 18.2 Å². The summed E-state index contributed by atoms with van der Waals surface area (Å²) in [6.45, 7) is 4.25. The molecule has 0 saturated carbocycles. The van der Waals surface area contributed by atoms with E-state index in [-0.39, 0.29) is 36.5 Å². The van der Waals surface area contributed by atoms with Crippen molar-refractivity contribution in [3.63, 3.8) is 0 Å². The van der Waals surface area contributed by atoms with Crippen molar-refractivity contribution >= 4 is 19.1 Å². The van der Waals surface area contributed by atoms with Gasteiger partial charge in [0.05, 0.1) is 12.0 Å². The predicted octanol–water partition coefficient (Wildman–Crippen LogP) is 1.43. The number of alkyl carbamates (subject to hydrolysis) is 1. The molecule has 30 heavy (non-hydrogen) atoms. The second kappa shape index (κ2) is 11.4. The molecule has 0 bridgehead atoms. The maximum Gasteiger partial charge on any atom is 0.475 e. The molecule has 9 heteroatoms. The van der Waals surface area contributed by atoms with Gasteiger partial charge in [-0.2, -0.15) is 5.26 Å². The van der Waals surface area contributed by atoms with Gasteiger partial charge < -0.3 is 25.0 Å². The highest BCUT2D eigenvalue weighted by Crippen LogP contribution is 2.20. The molecule has 1 aromatic carbocycles. The molecule has 1 saturated heterocycles. The zero-order valence-electron chi connectivity index (χ0n) is 17.3. The average Bonchev–Trinajstić information content (AvgIpc) is 3.18. The van der Waals surface area contributed by atoms with Crippen LogP contribution in [0.15, 0.2) is 42.0 Å². The first-order chi connectivity index (χ1) is 14.3. The fraction of sp³-hybridized carbons (Fsp3) is 0.476. The summed E-state index contributed by atoms with van der Waals surface area (Å²) in [6.07, 6.45) is 2.49. The number of ether oxygens (including phenoxy) is 1. The van der Waals surface area contributed by atoms with Gasteiger partial charge in [-0.15, -0.1) is 0 Å². The number of rotatable bonds is 8. The second-order valence-electron chi connectivity index (χ2n) is 7.68. The van der Waals surface area contributed by atoms with Crippen molar-refractivity contribution in [1.82, 2.24) is 10.2 Å². The number of hydrogen-bond acceptors (Lipinski definition) is 6. The van der Waals surface area contributed by atoms with Crippen molar-refractivity contribution in [3.05, 3.63) is 47.5 Å². The first-order valence-electron chi connectivity index (χ1n) is 10.1. The molecule has 0 radical (unpaired) electrons. The Labute approximate surface area is 177 Å². The summed E-state index contributed by atoms with van der Waals surface area (Å²) in [5.74, 6) is -1.22. The average molecular weight is 413 g/mol. The van der Waals surface area contributed by atoms with Crippen LogP contribution in [0.5, 0.6) is 0 Å². The number of amides is 2. The lowest BCUT2D eigenvalue weighted by Gasteiger charge is -2.25. The largest absolute Gasteiger partial charge is 0.475 e. The van der Waals surface area contributed by atoms with Crippen LogP contribution in [-0.4, -0.2) is 59.2 Å². The monoisotopic (exact) mass is 413 g/mol. The zero-order chi connectivity index (χ0) is 22.1. The molecule has 1 heterocycles. The Morgan fingerprint density at radius 2 is 2.07 bits per heavy atom. The summed E-state index contributed by atoms with van der Waals surface area (Å²) < 4.78 is 5.25. The van der Waals surface area contributed by atoms with E-state index in [0.29, 0.717) is 13.0 Å². The van der Waals surface area contributed by atoms with E-state index < -0.39 is 19.2 Å². The van der Waals surface area contributed by atoms with Crippen molar-refractivity contribution < 1.29 is 24.4 Å². The number of carbonyl (C=O) groups excluding carboxylic acids is 2. The molecule has 3 N–H and O–H groups in total. The molecule has 1 fully saturated rings. The van der Waals surface area contributed by atoms with Crippen LogP contribution in [0, 0.1) is 17.2 Å². The predicted molar refractivity (Wildman–Crippen MR) is 112 cm³/mol. The SMILES string of the molecule is CC(C)C=C(C#N)C(=O)N1CCCC1COC(=O)N[C@@H](Cc1ccccc1)B(O)O. The molecule has 0 aliphatic carbocycles. The standard InChI is InChI=1S/C21H28BN3O5/c1-15(2)11-17(13-23)20(26)25-10-6-9-18(25)14-30-21(27)24-19(22(28)29)12-16-7-4-3-5-8-16/h3-5,7-8,11,15,18-19,28-29H,6,9-10,12,14H2,1-2H3,(H,24,27)/t18?,19-/m0/s1. The number of hydrogen-bond donors (Lipinski definition) is 3. The van der Waals surface area contributed by atoms with Crippen LogP contribution in [0.4, 0.5) is 4.79 Å². The number of benzene rings is 1. The van der Waals surface area contributed by atoms with Crippen molar-refractivity contribution in [2.24, 2.45) is 5.92 Å². The van der Waals surface area contributed by atoms with E-state index in [1.54, 1.807) is 11.0 Å². The van der Waals surface area contributed by atoms with Crippen molar-refractivity contribution in [2.75, 3.05) is 13.2 Å². The molecular formula is C21H28BN3O5. The summed E-state index contributed by atoms with van der Waals surface area (Å²) >= 11 is 0. The summed E-state index contributed by atoms with van der Waals surface area (Å²) in [6, 6.07) is 10.8. The third-order valence-electron chi connectivity index (χ3n) is 4.86. The van der Waals surface area contributed by atoms with Crippen LogP contribution >= 0.6 is 0 Å². The molecule has 8 nitrogen and oxygen atoms in total. The molecule has 2 rings (SSSR count). The van der Waals surface area contributed by atoms with Crippen LogP contribution < -0.4 is 5.32 Å². The third-order valence-corrected chi connectivity index (χ3v) is 4.86. The Kier molecular flexibility index (Phi) is 8.90. The lowest BCUT2D eigenvalue weighted by Crippen LogP contribution is -2.49. The summed E-state index contributed by atoms with van der Waals surface area (Å²) in [4.78, 5) is 26.4. The lowest BCUT2D eigenvalue weighted by atomic mass is 9.76. The molecule has 2 amide bonds. The maximum atomic E-state index is 12.7. The van der Waals surface area contributed by atoms with E-state index in [9.17, 15) is 24.9 Å². The van der Waals surface area contributed by atoms with E-state index >= 15 is 0 Å². The minimum absolute atomic E-state index is 0.0302. The Bertz CT molecular complexity index is 792. The van der Waals surface area contributed by atoms with Gasteiger partial charge in [0, 0.05) is 6.54 Å². The van der Waals surface area contributed by atoms with Crippen LogP contribution in [0.1, 0.15) is 32.3 Å². The highest BCUT2D eigenvalue weighted by atomic mass is 16.5. The van der Waals surface area contributed by atoms with Gasteiger partial charge in [-0.25, -0.2) is 4.79 Å². The van der Waals surface area contributed by atoms with E-state index in [1.165, 1.54) is 0 Å². The van der Waals surface area contributed by atoms with Gasteiger partial charge >= 0.3 is 13.2 Å². The highest BCUT2D eigenvalue weighted by molar-refractivity contribution is 6.43. The Morgan fingerprint density at radius 3 is 2.67 bits per heavy atom. The Hall–Kier alpha value is -2.83. The normalized spacial score (nSPS) is 17.4. The van der Waals surface area contributed by atoms with Crippen molar-refractivity contribution in [3.8, 4) is 6.07 Å². The lowest BCUT2D eigenvalue weighted by molar-refractivity contribution is -0.128. The van der Waals surface area contributed by atoms with Gasteiger partial charge in [0.2, 0.25) is 0 Å². The van der Waals surface area contributed by atoms with E-state index in [2.05, 4.69) is 5.32 Å². The minimum atomic E-state index is -1.75. The molecule has 160 valence electrons. The smallest absolute Gasteiger partial charge is 0.447 e. The molecule has 1 aliphatic rings. The zero-order valence-corrected chi connectivity index (χ0v) is 17.3. The first-order valence-corrected chi connectivity index (χ1v) is 10.1. The van der Waals surface area contributed by atoms with Crippen molar-refractivity contribution in [1.29, 1.82) is 5.26 Å². The van der Waals surface area contributed by atoms with Crippen LogP contribution in [-0.2, 0) is 16.0 Å². The van der Waals surface area contributed by atoms with Gasteiger partial charge in [-0.05, 0) is 30.7 Å². The van der Waals surface area contributed by atoms with Gasteiger partial charge in [0.15, 0.2) is 0 Å². The topological polar surface area (TPSA) is 123 Å².